The van der Waals surface area contributed by atoms with E-state index in [9.17, 15) is 0 Å². The summed E-state index contributed by atoms with van der Waals surface area (Å²) in [5.74, 6) is 0.677. The van der Waals surface area contributed by atoms with Crippen molar-refractivity contribution >= 4 is 28.3 Å². The second-order valence-corrected chi connectivity index (χ2v) is 3.54. The minimum atomic E-state index is -0.0197. The maximum absolute atomic E-state index is 8.56. The molecule has 0 saturated carbocycles. The van der Waals surface area contributed by atoms with E-state index in [1.165, 1.54) is 0 Å². The van der Waals surface area contributed by atoms with Crippen molar-refractivity contribution in [3.8, 4) is 5.75 Å². The van der Waals surface area contributed by atoms with Crippen LogP contribution in [0.5, 0.6) is 5.75 Å². The summed E-state index contributed by atoms with van der Waals surface area (Å²) >= 11 is 2.08. The highest BCUT2D eigenvalue weighted by molar-refractivity contribution is 14.1. The molecule has 0 aliphatic rings. The molecule has 0 aliphatic heterocycles. The Morgan fingerprint density at radius 1 is 1.57 bits per heavy atom. The van der Waals surface area contributed by atoms with E-state index < -0.39 is 0 Å². The lowest BCUT2D eigenvalue weighted by atomic mass is 10.3. The molecule has 0 spiro atoms. The first kappa shape index (κ1) is 11.1. The number of halogens is 1. The van der Waals surface area contributed by atoms with Gasteiger partial charge in [-0.1, -0.05) is 5.11 Å². The maximum Gasteiger partial charge on any atom is 0.132 e. The summed E-state index contributed by atoms with van der Waals surface area (Å²) in [5.41, 5.74) is 8.76. The van der Waals surface area contributed by atoms with Crippen molar-refractivity contribution in [1.82, 2.24) is 0 Å². The number of aliphatic hydroxyl groups is 1. The van der Waals surface area contributed by atoms with Crippen LogP contribution in [-0.2, 0) is 0 Å². The summed E-state index contributed by atoms with van der Waals surface area (Å²) in [7, 11) is 0. The van der Waals surface area contributed by atoms with Gasteiger partial charge in [0.2, 0.25) is 0 Å². The Morgan fingerprint density at radius 2 is 2.36 bits per heavy atom. The number of hydrogen-bond donors (Lipinski definition) is 1. The highest BCUT2D eigenvalue weighted by Gasteiger charge is 2.00. The van der Waals surface area contributed by atoms with Crippen LogP contribution in [-0.4, -0.2) is 18.3 Å². The highest BCUT2D eigenvalue weighted by Crippen LogP contribution is 2.25. The van der Waals surface area contributed by atoms with Crippen LogP contribution in [0.15, 0.2) is 23.3 Å². The standard InChI is InChI=1S/C8H8IN3O2/c9-7-5-6(11-12-10)1-2-8(7)14-4-3-13/h1-2,5,13H,3-4H2. The molecule has 1 N–H and O–H groups in total. The zero-order chi connectivity index (χ0) is 10.4. The predicted octanol–water partition coefficient (Wildman–Crippen LogP) is 2.60. The summed E-state index contributed by atoms with van der Waals surface area (Å²) in [6.45, 7) is 0.241. The molecule has 0 amide bonds. The number of aliphatic hydroxyl groups excluding tert-OH is 1. The molecular formula is C8H8IN3O2. The summed E-state index contributed by atoms with van der Waals surface area (Å²) in [5, 5.41) is 12.0. The van der Waals surface area contributed by atoms with Gasteiger partial charge in [-0.15, -0.1) is 0 Å². The first-order valence-electron chi connectivity index (χ1n) is 3.86. The maximum atomic E-state index is 8.56. The molecule has 0 aromatic heterocycles. The van der Waals surface area contributed by atoms with Crippen LogP contribution in [0.1, 0.15) is 0 Å². The Kier molecular flexibility index (Phi) is 4.51. The normalized spacial score (nSPS) is 9.29. The van der Waals surface area contributed by atoms with Gasteiger partial charge in [0, 0.05) is 10.6 Å². The Hall–Kier alpha value is -0.980. The quantitative estimate of drug-likeness (QED) is 0.401. The Labute approximate surface area is 94.5 Å². The average molecular weight is 305 g/mol. The van der Waals surface area contributed by atoms with Gasteiger partial charge in [-0.2, -0.15) is 0 Å². The summed E-state index contributed by atoms with van der Waals surface area (Å²) in [4.78, 5) is 2.68. The van der Waals surface area contributed by atoms with Crippen molar-refractivity contribution in [3.63, 3.8) is 0 Å². The summed E-state index contributed by atoms with van der Waals surface area (Å²) in [6, 6.07) is 5.09. The zero-order valence-electron chi connectivity index (χ0n) is 7.22. The van der Waals surface area contributed by atoms with Gasteiger partial charge in [0.05, 0.1) is 10.2 Å². The molecule has 0 saturated heterocycles. The van der Waals surface area contributed by atoms with Crippen molar-refractivity contribution in [3.05, 3.63) is 32.2 Å². The lowest BCUT2D eigenvalue weighted by Crippen LogP contribution is -2.02. The number of benzene rings is 1. The largest absolute Gasteiger partial charge is 0.490 e. The molecule has 1 aromatic rings. The lowest BCUT2D eigenvalue weighted by Gasteiger charge is -2.06. The van der Waals surface area contributed by atoms with Crippen molar-refractivity contribution in [2.24, 2.45) is 5.11 Å². The minimum absolute atomic E-state index is 0.0197. The van der Waals surface area contributed by atoms with Crippen molar-refractivity contribution in [2.75, 3.05) is 13.2 Å². The molecule has 1 rings (SSSR count). The number of azide groups is 1. The molecule has 0 bridgehead atoms. The van der Waals surface area contributed by atoms with E-state index in [0.29, 0.717) is 11.4 Å². The van der Waals surface area contributed by atoms with Crippen LogP contribution < -0.4 is 4.74 Å². The molecule has 6 heteroatoms. The molecule has 74 valence electrons. The fourth-order valence-corrected chi connectivity index (χ4v) is 1.53. The smallest absolute Gasteiger partial charge is 0.132 e. The van der Waals surface area contributed by atoms with E-state index in [1.807, 2.05) is 0 Å². The molecule has 1 aromatic carbocycles. The number of rotatable bonds is 4. The third-order valence-corrected chi connectivity index (χ3v) is 2.27. The van der Waals surface area contributed by atoms with Gasteiger partial charge < -0.3 is 9.84 Å². The third-order valence-electron chi connectivity index (χ3n) is 1.42. The predicted molar refractivity (Wildman–Crippen MR) is 60.5 cm³/mol. The second-order valence-electron chi connectivity index (χ2n) is 2.38. The van der Waals surface area contributed by atoms with Gasteiger partial charge in [0.25, 0.3) is 0 Å². The van der Waals surface area contributed by atoms with Crippen molar-refractivity contribution < 1.29 is 9.84 Å². The molecular weight excluding hydrogens is 297 g/mol. The highest BCUT2D eigenvalue weighted by atomic mass is 127. The van der Waals surface area contributed by atoms with Gasteiger partial charge in [-0.3, -0.25) is 0 Å². The van der Waals surface area contributed by atoms with Gasteiger partial charge >= 0.3 is 0 Å². The summed E-state index contributed by atoms with van der Waals surface area (Å²) in [6.07, 6.45) is 0. The van der Waals surface area contributed by atoms with Crippen LogP contribution in [0.25, 0.3) is 10.4 Å². The topological polar surface area (TPSA) is 78.2 Å². The molecule has 14 heavy (non-hydrogen) atoms. The van der Waals surface area contributed by atoms with Crippen molar-refractivity contribution in [2.45, 2.75) is 0 Å². The van der Waals surface area contributed by atoms with Crippen LogP contribution in [0.2, 0.25) is 0 Å². The fourth-order valence-electron chi connectivity index (χ4n) is 0.876. The lowest BCUT2D eigenvalue weighted by molar-refractivity contribution is 0.200. The molecule has 0 atom stereocenters. The van der Waals surface area contributed by atoms with Crippen LogP contribution >= 0.6 is 22.6 Å². The van der Waals surface area contributed by atoms with Crippen LogP contribution in [0.4, 0.5) is 5.69 Å². The Morgan fingerprint density at radius 3 is 2.93 bits per heavy atom. The Bertz CT molecular complexity index is 364. The second kappa shape index (κ2) is 5.69. The van der Waals surface area contributed by atoms with E-state index in [-0.39, 0.29) is 13.2 Å². The van der Waals surface area contributed by atoms with E-state index in [2.05, 4.69) is 32.6 Å². The molecule has 0 radical (unpaired) electrons. The van der Waals surface area contributed by atoms with E-state index in [0.717, 1.165) is 3.57 Å². The SMILES string of the molecule is [N-]=[N+]=Nc1ccc(OCCO)c(I)c1. The van der Waals surface area contributed by atoms with Gasteiger partial charge in [-0.05, 0) is 46.3 Å². The first-order valence-corrected chi connectivity index (χ1v) is 4.94. The molecule has 0 aliphatic carbocycles. The number of hydrogen-bond acceptors (Lipinski definition) is 3. The zero-order valence-corrected chi connectivity index (χ0v) is 9.38. The number of ether oxygens (including phenoxy) is 1. The Balaban J connectivity index is 2.84. The van der Waals surface area contributed by atoms with Crippen LogP contribution in [0.3, 0.4) is 0 Å². The van der Waals surface area contributed by atoms with Gasteiger partial charge in [0.15, 0.2) is 0 Å². The molecule has 0 unspecified atom stereocenters. The van der Waals surface area contributed by atoms with E-state index >= 15 is 0 Å². The minimum Gasteiger partial charge on any atom is -0.490 e. The van der Waals surface area contributed by atoms with Crippen LogP contribution in [0, 0.1) is 3.57 Å². The fraction of sp³-hybridized carbons (Fsp3) is 0.250. The third kappa shape index (κ3) is 3.06. The average Bonchev–Trinajstić information content (AvgIpc) is 2.17. The van der Waals surface area contributed by atoms with E-state index in [1.54, 1.807) is 18.2 Å². The molecule has 5 nitrogen and oxygen atoms in total. The van der Waals surface area contributed by atoms with Gasteiger partial charge in [-0.25, -0.2) is 0 Å². The van der Waals surface area contributed by atoms with Gasteiger partial charge in [0.1, 0.15) is 12.4 Å². The van der Waals surface area contributed by atoms with E-state index in [4.69, 9.17) is 15.4 Å². The molecule has 0 heterocycles. The first-order chi connectivity index (χ1) is 6.77. The number of nitrogens with zero attached hydrogens (tertiary/aromatic N) is 3. The monoisotopic (exact) mass is 305 g/mol. The summed E-state index contributed by atoms with van der Waals surface area (Å²) < 4.78 is 6.07. The molecule has 0 fully saturated rings. The van der Waals surface area contributed by atoms with Crippen molar-refractivity contribution in [1.29, 1.82) is 0 Å².